The molecule has 1 atom stereocenters. The molecular weight excluding hydrogens is 310 g/mol. The zero-order valence-electron chi connectivity index (χ0n) is 9.55. The number of benzene rings is 2. The van der Waals surface area contributed by atoms with Gasteiger partial charge in [-0.2, -0.15) is 0 Å². The number of rotatable bonds is 2. The Morgan fingerprint density at radius 3 is 2.22 bits per heavy atom. The Balaban J connectivity index is 2.41. The summed E-state index contributed by atoms with van der Waals surface area (Å²) in [6, 6.07) is 11.0. The Bertz CT molecular complexity index is 578. The molecule has 0 saturated heterocycles. The first-order valence-electron chi connectivity index (χ1n) is 5.34. The maximum absolute atomic E-state index is 6.44. The molecule has 0 heterocycles. The van der Waals surface area contributed by atoms with Gasteiger partial charge < -0.3 is 0 Å². The molecule has 0 aliphatic heterocycles. The lowest BCUT2D eigenvalue weighted by molar-refractivity contribution is 1.13. The highest BCUT2D eigenvalue weighted by Gasteiger charge is 2.15. The van der Waals surface area contributed by atoms with Crippen molar-refractivity contribution in [2.24, 2.45) is 0 Å². The molecule has 4 heteroatoms. The van der Waals surface area contributed by atoms with Crippen molar-refractivity contribution in [3.05, 3.63) is 68.2 Å². The fourth-order valence-electron chi connectivity index (χ4n) is 1.71. The molecule has 0 amide bonds. The van der Waals surface area contributed by atoms with Crippen LogP contribution < -0.4 is 0 Å². The Hall–Kier alpha value is -0.400. The lowest BCUT2D eigenvalue weighted by atomic mass is 10.0. The third-order valence-electron chi connectivity index (χ3n) is 2.71. The second-order valence-corrected chi connectivity index (χ2v) is 5.72. The molecule has 0 fully saturated rings. The van der Waals surface area contributed by atoms with Crippen LogP contribution in [-0.2, 0) is 0 Å². The lowest BCUT2D eigenvalue weighted by Gasteiger charge is -2.13. The quantitative estimate of drug-likeness (QED) is 0.571. The highest BCUT2D eigenvalue weighted by Crippen LogP contribution is 2.35. The van der Waals surface area contributed by atoms with Gasteiger partial charge in [0.05, 0.1) is 5.38 Å². The van der Waals surface area contributed by atoms with Crippen molar-refractivity contribution in [2.75, 3.05) is 0 Å². The van der Waals surface area contributed by atoms with Gasteiger partial charge in [0.2, 0.25) is 0 Å². The number of hydrogen-bond acceptors (Lipinski definition) is 0. The lowest BCUT2D eigenvalue weighted by Crippen LogP contribution is -1.95. The first-order valence-corrected chi connectivity index (χ1v) is 6.91. The van der Waals surface area contributed by atoms with E-state index in [9.17, 15) is 0 Å². The molecule has 2 aromatic carbocycles. The van der Waals surface area contributed by atoms with Gasteiger partial charge in [0.25, 0.3) is 0 Å². The predicted octanol–water partition coefficient (Wildman–Crippen LogP) is 6.28. The van der Waals surface area contributed by atoms with E-state index < -0.39 is 0 Å². The monoisotopic (exact) mass is 318 g/mol. The molecule has 0 radical (unpaired) electrons. The summed E-state index contributed by atoms with van der Waals surface area (Å²) >= 11 is 24.5. The molecule has 0 aromatic heterocycles. The maximum atomic E-state index is 6.44. The fourth-order valence-corrected chi connectivity index (χ4v) is 2.73. The third-order valence-corrected chi connectivity index (χ3v) is 4.18. The first kappa shape index (κ1) is 14.0. The number of alkyl halides is 1. The smallest absolute Gasteiger partial charge is 0.0849 e. The van der Waals surface area contributed by atoms with Gasteiger partial charge in [0.1, 0.15) is 0 Å². The van der Waals surface area contributed by atoms with Crippen molar-refractivity contribution >= 4 is 46.4 Å². The van der Waals surface area contributed by atoms with Crippen LogP contribution in [0.3, 0.4) is 0 Å². The molecule has 94 valence electrons. The molecule has 0 spiro atoms. The zero-order valence-corrected chi connectivity index (χ0v) is 12.6. The van der Waals surface area contributed by atoms with Crippen LogP contribution in [0.5, 0.6) is 0 Å². The average molecular weight is 320 g/mol. The molecule has 18 heavy (non-hydrogen) atoms. The van der Waals surface area contributed by atoms with Gasteiger partial charge in [-0.15, -0.1) is 11.6 Å². The summed E-state index contributed by atoms with van der Waals surface area (Å²) in [4.78, 5) is 0. The fraction of sp³-hybridized carbons (Fsp3) is 0.143. The van der Waals surface area contributed by atoms with E-state index in [1.807, 2.05) is 31.2 Å². The van der Waals surface area contributed by atoms with Gasteiger partial charge in [-0.1, -0.05) is 53.0 Å². The molecule has 0 aliphatic carbocycles. The molecule has 0 N–H and O–H groups in total. The van der Waals surface area contributed by atoms with E-state index in [4.69, 9.17) is 46.4 Å². The van der Waals surface area contributed by atoms with E-state index in [0.29, 0.717) is 10.0 Å². The summed E-state index contributed by atoms with van der Waals surface area (Å²) in [6.45, 7) is 1.94. The standard InChI is InChI=1S/C14H10Cl4/c1-8-6-9(2-5-12(8)16)14(18)11-4-3-10(15)7-13(11)17/h2-7,14H,1H3. The molecular formula is C14H10Cl4. The van der Waals surface area contributed by atoms with Crippen LogP contribution in [0.4, 0.5) is 0 Å². The van der Waals surface area contributed by atoms with E-state index in [-0.39, 0.29) is 5.38 Å². The second kappa shape index (κ2) is 5.71. The minimum atomic E-state index is -0.314. The summed E-state index contributed by atoms with van der Waals surface area (Å²) < 4.78 is 0. The third kappa shape index (κ3) is 2.95. The maximum Gasteiger partial charge on any atom is 0.0849 e. The minimum Gasteiger partial charge on any atom is -0.113 e. The van der Waals surface area contributed by atoms with Crippen molar-refractivity contribution < 1.29 is 0 Å². The van der Waals surface area contributed by atoms with Crippen molar-refractivity contribution in [3.63, 3.8) is 0 Å². The number of hydrogen-bond donors (Lipinski definition) is 0. The van der Waals surface area contributed by atoms with Crippen LogP contribution in [0.25, 0.3) is 0 Å². The Labute approximate surface area is 126 Å². The van der Waals surface area contributed by atoms with Crippen LogP contribution in [-0.4, -0.2) is 0 Å². The summed E-state index contributed by atoms with van der Waals surface area (Å²) in [5.74, 6) is 0. The second-order valence-electron chi connectivity index (χ2n) is 4.04. The van der Waals surface area contributed by atoms with Gasteiger partial charge in [0, 0.05) is 15.1 Å². The molecule has 0 aliphatic rings. The predicted molar refractivity (Wildman–Crippen MR) is 80.3 cm³/mol. The van der Waals surface area contributed by atoms with Gasteiger partial charge in [0.15, 0.2) is 0 Å². The van der Waals surface area contributed by atoms with E-state index in [1.54, 1.807) is 12.1 Å². The minimum absolute atomic E-state index is 0.314. The van der Waals surface area contributed by atoms with Crippen LogP contribution >= 0.6 is 46.4 Å². The van der Waals surface area contributed by atoms with E-state index in [1.165, 1.54) is 0 Å². The van der Waals surface area contributed by atoms with E-state index in [2.05, 4.69) is 0 Å². The molecule has 0 saturated carbocycles. The highest BCUT2D eigenvalue weighted by atomic mass is 35.5. The van der Waals surface area contributed by atoms with Crippen molar-refractivity contribution in [1.29, 1.82) is 0 Å². The molecule has 1 unspecified atom stereocenters. The van der Waals surface area contributed by atoms with E-state index in [0.717, 1.165) is 21.7 Å². The first-order chi connectivity index (χ1) is 8.49. The van der Waals surface area contributed by atoms with Gasteiger partial charge in [-0.05, 0) is 41.8 Å². The Kier molecular flexibility index (Phi) is 4.45. The van der Waals surface area contributed by atoms with E-state index >= 15 is 0 Å². The summed E-state index contributed by atoms with van der Waals surface area (Å²) in [5, 5.41) is 1.57. The molecule has 0 nitrogen and oxygen atoms in total. The number of halogens is 4. The Morgan fingerprint density at radius 1 is 0.889 bits per heavy atom. The van der Waals surface area contributed by atoms with Crippen LogP contribution in [0, 0.1) is 6.92 Å². The largest absolute Gasteiger partial charge is 0.113 e. The number of aryl methyl sites for hydroxylation is 1. The molecule has 0 bridgehead atoms. The van der Waals surface area contributed by atoms with Crippen LogP contribution in [0.2, 0.25) is 15.1 Å². The average Bonchev–Trinajstić information content (AvgIpc) is 2.32. The summed E-state index contributed by atoms with van der Waals surface area (Å²) in [5.41, 5.74) is 2.79. The zero-order chi connectivity index (χ0) is 13.3. The highest BCUT2D eigenvalue weighted by molar-refractivity contribution is 6.36. The van der Waals surface area contributed by atoms with Crippen molar-refractivity contribution in [2.45, 2.75) is 12.3 Å². The van der Waals surface area contributed by atoms with Gasteiger partial charge in [-0.25, -0.2) is 0 Å². The summed E-state index contributed by atoms with van der Waals surface area (Å²) in [6.07, 6.45) is 0. The van der Waals surface area contributed by atoms with Crippen LogP contribution in [0.1, 0.15) is 22.1 Å². The SMILES string of the molecule is Cc1cc(C(Cl)c2ccc(Cl)cc2Cl)ccc1Cl. The van der Waals surface area contributed by atoms with Crippen molar-refractivity contribution in [3.8, 4) is 0 Å². The summed E-state index contributed by atoms with van der Waals surface area (Å²) in [7, 11) is 0. The van der Waals surface area contributed by atoms with Crippen molar-refractivity contribution in [1.82, 2.24) is 0 Å². The van der Waals surface area contributed by atoms with Gasteiger partial charge in [-0.3, -0.25) is 0 Å². The molecule has 2 rings (SSSR count). The van der Waals surface area contributed by atoms with Crippen LogP contribution in [0.15, 0.2) is 36.4 Å². The normalized spacial score (nSPS) is 12.5. The topological polar surface area (TPSA) is 0 Å². The molecule has 2 aromatic rings. The Morgan fingerprint density at radius 2 is 1.61 bits per heavy atom. The van der Waals surface area contributed by atoms with Gasteiger partial charge >= 0.3 is 0 Å².